The molecular weight excluding hydrogens is 420 g/mol. The number of aromatic nitrogens is 1. The van der Waals surface area contributed by atoms with E-state index in [1.807, 2.05) is 44.1 Å². The first-order valence-corrected chi connectivity index (χ1v) is 10.1. The molecule has 1 aliphatic heterocycles. The number of aryl methyl sites for hydroxylation is 1. The SMILES string of the molecule is Cc1cc(C#CCN(C)C)ccc1Nc1oc(C=C2C=Nc3ncccc32)c(O)c1C(=O)O. The number of carboxylic acid groups (broad SMARTS) is 1. The van der Waals surface area contributed by atoms with E-state index in [4.69, 9.17) is 4.42 Å². The van der Waals surface area contributed by atoms with Gasteiger partial charge in [0.25, 0.3) is 0 Å². The van der Waals surface area contributed by atoms with Crippen LogP contribution in [0.3, 0.4) is 0 Å². The van der Waals surface area contributed by atoms with Gasteiger partial charge in [-0.2, -0.15) is 0 Å². The van der Waals surface area contributed by atoms with Gasteiger partial charge in [-0.25, -0.2) is 14.8 Å². The summed E-state index contributed by atoms with van der Waals surface area (Å²) in [7, 11) is 3.90. The lowest BCUT2D eigenvalue weighted by atomic mass is 10.1. The lowest BCUT2D eigenvalue weighted by molar-refractivity contribution is 0.0695. The third kappa shape index (κ3) is 4.63. The second-order valence-electron chi connectivity index (χ2n) is 7.75. The van der Waals surface area contributed by atoms with E-state index < -0.39 is 11.7 Å². The largest absolute Gasteiger partial charge is 0.504 e. The Kier molecular flexibility index (Phi) is 5.98. The number of nitrogens with zero attached hydrogens (tertiary/aromatic N) is 3. The summed E-state index contributed by atoms with van der Waals surface area (Å²) in [6.07, 6.45) is 4.77. The van der Waals surface area contributed by atoms with E-state index in [0.29, 0.717) is 23.6 Å². The molecule has 0 fully saturated rings. The number of hydrogen-bond donors (Lipinski definition) is 3. The van der Waals surface area contributed by atoms with Crippen LogP contribution >= 0.6 is 0 Å². The van der Waals surface area contributed by atoms with Crippen LogP contribution in [0, 0.1) is 18.8 Å². The molecule has 1 aromatic carbocycles. The topological polar surface area (TPSA) is 111 Å². The number of rotatable bonds is 5. The lowest BCUT2D eigenvalue weighted by Gasteiger charge is -2.08. The zero-order valence-corrected chi connectivity index (χ0v) is 18.4. The number of furan rings is 1. The Balaban J connectivity index is 1.65. The number of anilines is 2. The van der Waals surface area contributed by atoms with Crippen molar-refractivity contribution in [3.63, 3.8) is 0 Å². The number of allylic oxidation sites excluding steroid dienone is 1. The number of aromatic carboxylic acids is 1. The molecule has 166 valence electrons. The zero-order valence-electron chi connectivity index (χ0n) is 18.4. The molecule has 0 bridgehead atoms. The van der Waals surface area contributed by atoms with Crippen molar-refractivity contribution < 1.29 is 19.4 Å². The first-order chi connectivity index (χ1) is 15.8. The van der Waals surface area contributed by atoms with E-state index in [0.717, 1.165) is 16.7 Å². The van der Waals surface area contributed by atoms with Crippen LogP contribution in [0.2, 0.25) is 0 Å². The van der Waals surface area contributed by atoms with Gasteiger partial charge in [0.1, 0.15) is 0 Å². The van der Waals surface area contributed by atoms with Crippen molar-refractivity contribution in [1.82, 2.24) is 9.88 Å². The molecule has 0 amide bonds. The summed E-state index contributed by atoms with van der Waals surface area (Å²) in [5.74, 6) is 4.89. The van der Waals surface area contributed by atoms with E-state index in [1.54, 1.807) is 30.6 Å². The molecule has 33 heavy (non-hydrogen) atoms. The summed E-state index contributed by atoms with van der Waals surface area (Å²) in [4.78, 5) is 22.2. The summed E-state index contributed by atoms with van der Waals surface area (Å²) in [5, 5.41) is 23.2. The first kappa shape index (κ1) is 21.9. The van der Waals surface area contributed by atoms with Crippen LogP contribution in [-0.2, 0) is 0 Å². The minimum Gasteiger partial charge on any atom is -0.504 e. The number of aromatic hydroxyl groups is 1. The number of fused-ring (bicyclic) bond motifs is 1. The maximum absolute atomic E-state index is 11.9. The summed E-state index contributed by atoms with van der Waals surface area (Å²) in [6.45, 7) is 2.53. The molecule has 0 unspecified atom stereocenters. The summed E-state index contributed by atoms with van der Waals surface area (Å²) in [5.41, 5.74) is 3.41. The van der Waals surface area contributed by atoms with Gasteiger partial charge in [0.05, 0.1) is 6.54 Å². The van der Waals surface area contributed by atoms with Crippen LogP contribution < -0.4 is 5.32 Å². The van der Waals surface area contributed by atoms with Crippen LogP contribution in [0.1, 0.15) is 32.8 Å². The zero-order chi connectivity index (χ0) is 23.5. The van der Waals surface area contributed by atoms with Crippen LogP contribution in [0.25, 0.3) is 11.6 Å². The molecule has 3 aromatic rings. The Labute approximate surface area is 190 Å². The fourth-order valence-corrected chi connectivity index (χ4v) is 3.31. The second-order valence-corrected chi connectivity index (χ2v) is 7.75. The third-order valence-electron chi connectivity index (χ3n) is 4.94. The van der Waals surface area contributed by atoms with Gasteiger partial charge in [-0.05, 0) is 63.0 Å². The molecule has 8 heteroatoms. The Hall–Kier alpha value is -4.35. The van der Waals surface area contributed by atoms with Crippen LogP contribution in [0.15, 0.2) is 45.9 Å². The lowest BCUT2D eigenvalue weighted by Crippen LogP contribution is -2.10. The minimum atomic E-state index is -1.31. The van der Waals surface area contributed by atoms with Crippen molar-refractivity contribution in [2.45, 2.75) is 6.92 Å². The molecule has 0 radical (unpaired) electrons. The van der Waals surface area contributed by atoms with Crippen LogP contribution in [0.5, 0.6) is 5.75 Å². The number of carboxylic acids is 1. The first-order valence-electron chi connectivity index (χ1n) is 10.1. The second kappa shape index (κ2) is 9.02. The number of hydrogen-bond acceptors (Lipinski definition) is 7. The molecule has 0 aliphatic carbocycles. The highest BCUT2D eigenvalue weighted by Gasteiger charge is 2.26. The van der Waals surface area contributed by atoms with Crippen molar-refractivity contribution in [3.8, 4) is 17.6 Å². The standard InChI is InChI=1S/C25H22N4O4/c1-15-12-16(6-5-11-29(2)3)8-9-19(15)28-24-21(25(31)32)22(30)20(33-24)13-17-14-27-23-18(17)7-4-10-26-23/h4,7-10,12-14,28,30H,11H2,1-3H3,(H,31,32). The Morgan fingerprint density at radius 1 is 1.30 bits per heavy atom. The quantitative estimate of drug-likeness (QED) is 0.505. The van der Waals surface area contributed by atoms with Gasteiger partial charge in [0, 0.05) is 34.8 Å². The summed E-state index contributed by atoms with van der Waals surface area (Å²) < 4.78 is 5.73. The van der Waals surface area contributed by atoms with E-state index >= 15 is 0 Å². The molecule has 0 atom stereocenters. The normalized spacial score (nSPS) is 13.2. The van der Waals surface area contributed by atoms with E-state index in [1.165, 1.54) is 0 Å². The number of aliphatic imine (C=N–C) groups is 1. The van der Waals surface area contributed by atoms with Crippen molar-refractivity contribution in [3.05, 3.63) is 64.5 Å². The molecule has 0 saturated carbocycles. The smallest absolute Gasteiger partial charge is 0.345 e. The van der Waals surface area contributed by atoms with E-state index in [9.17, 15) is 15.0 Å². The molecule has 8 nitrogen and oxygen atoms in total. The van der Waals surface area contributed by atoms with Gasteiger partial charge in [0.15, 0.2) is 22.9 Å². The fourth-order valence-electron chi connectivity index (χ4n) is 3.31. The minimum absolute atomic E-state index is 0.0110. The summed E-state index contributed by atoms with van der Waals surface area (Å²) >= 11 is 0. The Bertz CT molecular complexity index is 1360. The average Bonchev–Trinajstić information content (AvgIpc) is 3.31. The van der Waals surface area contributed by atoms with Gasteiger partial charge in [0.2, 0.25) is 5.88 Å². The van der Waals surface area contributed by atoms with Crippen LogP contribution in [-0.4, -0.2) is 52.9 Å². The third-order valence-corrected chi connectivity index (χ3v) is 4.94. The van der Waals surface area contributed by atoms with Crippen LogP contribution in [0.4, 0.5) is 17.4 Å². The van der Waals surface area contributed by atoms with Gasteiger partial charge in [-0.3, -0.25) is 4.90 Å². The van der Waals surface area contributed by atoms with Crippen molar-refractivity contribution in [1.29, 1.82) is 0 Å². The number of pyridine rings is 1. The molecule has 0 spiro atoms. The van der Waals surface area contributed by atoms with E-state index in [-0.39, 0.29) is 17.2 Å². The highest BCUT2D eigenvalue weighted by atomic mass is 16.4. The highest BCUT2D eigenvalue weighted by Crippen LogP contribution is 2.39. The predicted molar refractivity (Wildman–Crippen MR) is 127 cm³/mol. The molecule has 2 aromatic heterocycles. The van der Waals surface area contributed by atoms with Crippen molar-refractivity contribution >= 4 is 41.2 Å². The molecule has 0 saturated heterocycles. The molecule has 3 heterocycles. The van der Waals surface area contributed by atoms with Gasteiger partial charge in [-0.1, -0.05) is 11.8 Å². The Morgan fingerprint density at radius 3 is 2.85 bits per heavy atom. The fraction of sp³-hybridized carbons (Fsp3) is 0.160. The number of benzene rings is 1. The van der Waals surface area contributed by atoms with Gasteiger partial charge in [-0.15, -0.1) is 0 Å². The average molecular weight is 442 g/mol. The van der Waals surface area contributed by atoms with Gasteiger partial charge < -0.3 is 19.9 Å². The monoisotopic (exact) mass is 442 g/mol. The molecule has 3 N–H and O–H groups in total. The maximum atomic E-state index is 11.9. The molecule has 4 rings (SSSR count). The van der Waals surface area contributed by atoms with Crippen molar-refractivity contribution in [2.24, 2.45) is 4.99 Å². The highest BCUT2D eigenvalue weighted by molar-refractivity contribution is 6.21. The van der Waals surface area contributed by atoms with Crippen molar-refractivity contribution in [2.75, 3.05) is 26.0 Å². The predicted octanol–water partition coefficient (Wildman–Crippen LogP) is 4.30. The Morgan fingerprint density at radius 2 is 2.12 bits per heavy atom. The maximum Gasteiger partial charge on any atom is 0.345 e. The van der Waals surface area contributed by atoms with E-state index in [2.05, 4.69) is 27.1 Å². The number of carbonyl (C=O) groups is 1. The molecule has 1 aliphatic rings. The van der Waals surface area contributed by atoms with Gasteiger partial charge >= 0.3 is 5.97 Å². The number of nitrogens with one attached hydrogen (secondary N) is 1. The summed E-state index contributed by atoms with van der Waals surface area (Å²) in [6, 6.07) is 9.14. The molecular formula is C25H22N4O4.